The van der Waals surface area contributed by atoms with Crippen LogP contribution in [0.2, 0.25) is 0 Å². The Hall–Kier alpha value is -2.25. The highest BCUT2D eigenvalue weighted by Gasteiger charge is 2.35. The van der Waals surface area contributed by atoms with Crippen molar-refractivity contribution in [3.05, 3.63) is 71.3 Å². The number of aryl methyl sites for hydroxylation is 1. The summed E-state index contributed by atoms with van der Waals surface area (Å²) in [5.74, 6) is 0.0333. The smallest absolute Gasteiger partial charge is 0.132 e. The van der Waals surface area contributed by atoms with Crippen molar-refractivity contribution in [2.75, 3.05) is 13.1 Å². The fraction of sp³-hybridized carbons (Fsp3) is 0.536. The maximum absolute atomic E-state index is 13.5. The molecule has 0 aromatic heterocycles. The molecule has 0 saturated heterocycles. The first-order valence-corrected chi connectivity index (χ1v) is 12.0. The second kappa shape index (κ2) is 14.0. The first kappa shape index (κ1) is 26.0. The highest BCUT2D eigenvalue weighted by molar-refractivity contribution is 5.27. The Morgan fingerprint density at radius 1 is 0.938 bits per heavy atom. The van der Waals surface area contributed by atoms with Gasteiger partial charge in [0.1, 0.15) is 12.3 Å². The number of halogens is 2. The van der Waals surface area contributed by atoms with E-state index in [-0.39, 0.29) is 5.92 Å². The van der Waals surface area contributed by atoms with Gasteiger partial charge >= 0.3 is 0 Å². The largest absolute Gasteiger partial charge is 0.300 e. The summed E-state index contributed by atoms with van der Waals surface area (Å²) in [6.07, 6.45) is 2.49. The first-order chi connectivity index (χ1) is 15.5. The number of nitrogens with zero attached hydrogens (tertiary/aromatic N) is 2. The zero-order valence-electron chi connectivity index (χ0n) is 19.8. The van der Waals surface area contributed by atoms with E-state index in [4.69, 9.17) is 5.26 Å². The maximum atomic E-state index is 13.5. The van der Waals surface area contributed by atoms with Crippen LogP contribution in [0.4, 0.5) is 8.78 Å². The minimum absolute atomic E-state index is 0.0333. The van der Waals surface area contributed by atoms with Gasteiger partial charge in [-0.25, -0.2) is 8.78 Å². The summed E-state index contributed by atoms with van der Waals surface area (Å²) in [5, 5.41) is 7.32. The van der Waals surface area contributed by atoms with Crippen molar-refractivity contribution in [2.24, 2.45) is 0 Å². The monoisotopic (exact) mass is 440 g/mol. The van der Waals surface area contributed by atoms with Crippen LogP contribution in [0.15, 0.2) is 54.6 Å². The fourth-order valence-corrected chi connectivity index (χ4v) is 4.66. The van der Waals surface area contributed by atoms with E-state index in [1.54, 1.807) is 6.07 Å². The Kier molecular flexibility index (Phi) is 11.4. The molecule has 174 valence electrons. The van der Waals surface area contributed by atoms with Crippen molar-refractivity contribution < 1.29 is 8.78 Å². The number of rotatable bonds is 10. The van der Waals surface area contributed by atoms with E-state index in [2.05, 4.69) is 73.3 Å². The molecule has 1 saturated carbocycles. The molecule has 1 aliphatic carbocycles. The zero-order chi connectivity index (χ0) is 23.3. The van der Waals surface area contributed by atoms with Gasteiger partial charge in [-0.1, -0.05) is 68.4 Å². The van der Waals surface area contributed by atoms with Crippen LogP contribution in [0, 0.1) is 11.3 Å². The second-order valence-electron chi connectivity index (χ2n) is 8.63. The van der Waals surface area contributed by atoms with Gasteiger partial charge in [0.25, 0.3) is 0 Å². The highest BCUT2D eigenvalue weighted by Crippen LogP contribution is 2.38. The zero-order valence-corrected chi connectivity index (χ0v) is 19.8. The predicted molar refractivity (Wildman–Crippen MR) is 129 cm³/mol. The van der Waals surface area contributed by atoms with Gasteiger partial charge < -0.3 is 4.90 Å². The molecular weight excluding hydrogens is 402 g/mol. The Morgan fingerprint density at radius 2 is 1.50 bits per heavy atom. The van der Waals surface area contributed by atoms with Crippen LogP contribution in [0.25, 0.3) is 0 Å². The number of likely N-dealkylation sites (N-methyl/N-ethyl adjacent to an activating group) is 1. The van der Waals surface area contributed by atoms with E-state index >= 15 is 0 Å². The molecular formula is C28H38F2N2. The molecule has 0 heterocycles. The molecule has 32 heavy (non-hydrogen) atoms. The molecule has 3 atom stereocenters. The second-order valence-corrected chi connectivity index (χ2v) is 8.63. The van der Waals surface area contributed by atoms with Crippen LogP contribution in [0.5, 0.6) is 0 Å². The van der Waals surface area contributed by atoms with Crippen molar-refractivity contribution in [1.29, 1.82) is 5.26 Å². The van der Waals surface area contributed by atoms with Gasteiger partial charge in [-0.3, -0.25) is 0 Å². The van der Waals surface area contributed by atoms with E-state index in [1.807, 2.05) is 0 Å². The topological polar surface area (TPSA) is 27.0 Å². The SMILES string of the molecule is CC#N.CCC(CCc1ccc(C2CC(F)C(F)C2)cc1)N(CC)CCc1ccccc1. The van der Waals surface area contributed by atoms with Gasteiger partial charge in [0, 0.05) is 19.5 Å². The van der Waals surface area contributed by atoms with E-state index in [1.165, 1.54) is 18.1 Å². The molecule has 1 aliphatic rings. The minimum atomic E-state index is -1.29. The van der Waals surface area contributed by atoms with Gasteiger partial charge in [0.2, 0.25) is 0 Å². The van der Waals surface area contributed by atoms with Gasteiger partial charge in [-0.15, -0.1) is 0 Å². The van der Waals surface area contributed by atoms with Crippen LogP contribution >= 0.6 is 0 Å². The van der Waals surface area contributed by atoms with Crippen molar-refractivity contribution >= 4 is 0 Å². The molecule has 3 unspecified atom stereocenters. The standard InChI is InChI=1S/C26H35F2N.C2H3N/c1-3-24(29(4-2)17-16-20-8-6-5-7-9-20)15-12-21-10-13-22(14-11-21)23-18-25(27)26(28)19-23;1-2-3/h5-11,13-14,23-26H,3-4,12,15-19H2,1-2H3;1H3. The molecule has 0 N–H and O–H groups in total. The number of hydrogen-bond donors (Lipinski definition) is 0. The summed E-state index contributed by atoms with van der Waals surface area (Å²) in [6, 6.07) is 21.5. The average Bonchev–Trinajstić information content (AvgIpc) is 3.15. The quantitative estimate of drug-likeness (QED) is 0.396. The van der Waals surface area contributed by atoms with E-state index < -0.39 is 12.3 Å². The first-order valence-electron chi connectivity index (χ1n) is 12.0. The highest BCUT2D eigenvalue weighted by atomic mass is 19.2. The Bertz CT molecular complexity index is 790. The fourth-order valence-electron chi connectivity index (χ4n) is 4.66. The van der Waals surface area contributed by atoms with Crippen molar-refractivity contribution in [1.82, 2.24) is 4.90 Å². The molecule has 4 heteroatoms. The third-order valence-electron chi connectivity index (χ3n) is 6.55. The predicted octanol–water partition coefficient (Wildman–Crippen LogP) is 7.05. The lowest BCUT2D eigenvalue weighted by Crippen LogP contribution is -2.36. The van der Waals surface area contributed by atoms with Crippen LogP contribution in [0.3, 0.4) is 0 Å². The van der Waals surface area contributed by atoms with E-state index in [9.17, 15) is 8.78 Å². The summed E-state index contributed by atoms with van der Waals surface area (Å²) in [7, 11) is 0. The molecule has 0 aliphatic heterocycles. The van der Waals surface area contributed by atoms with Crippen molar-refractivity contribution in [3.63, 3.8) is 0 Å². The van der Waals surface area contributed by atoms with Gasteiger partial charge in [-0.05, 0) is 67.7 Å². The molecule has 2 aromatic rings. The number of alkyl halides is 2. The summed E-state index contributed by atoms with van der Waals surface area (Å²) < 4.78 is 27.0. The molecule has 1 fully saturated rings. The summed E-state index contributed by atoms with van der Waals surface area (Å²) >= 11 is 0. The molecule has 0 amide bonds. The third kappa shape index (κ3) is 8.02. The summed E-state index contributed by atoms with van der Waals surface area (Å²) in [4.78, 5) is 2.60. The lowest BCUT2D eigenvalue weighted by atomic mass is 9.95. The lowest BCUT2D eigenvalue weighted by Gasteiger charge is -2.30. The molecule has 3 rings (SSSR count). The third-order valence-corrected chi connectivity index (χ3v) is 6.55. The Balaban J connectivity index is 0.00000114. The number of hydrogen-bond acceptors (Lipinski definition) is 2. The van der Waals surface area contributed by atoms with Gasteiger partial charge in [0.05, 0.1) is 6.07 Å². The van der Waals surface area contributed by atoms with Crippen molar-refractivity contribution in [2.45, 2.75) is 83.6 Å². The van der Waals surface area contributed by atoms with Crippen LogP contribution in [-0.2, 0) is 12.8 Å². The molecule has 2 aromatic carbocycles. The molecule has 2 nitrogen and oxygen atoms in total. The van der Waals surface area contributed by atoms with Crippen LogP contribution in [-0.4, -0.2) is 36.4 Å². The average molecular weight is 441 g/mol. The van der Waals surface area contributed by atoms with Gasteiger partial charge in [-0.2, -0.15) is 5.26 Å². The Labute approximate surface area is 193 Å². The molecule has 0 bridgehead atoms. The number of nitriles is 1. The lowest BCUT2D eigenvalue weighted by molar-refractivity contribution is 0.193. The van der Waals surface area contributed by atoms with Crippen LogP contribution < -0.4 is 0 Å². The Morgan fingerprint density at radius 3 is 2.03 bits per heavy atom. The van der Waals surface area contributed by atoms with Crippen LogP contribution in [0.1, 0.15) is 69.1 Å². The summed E-state index contributed by atoms with van der Waals surface area (Å²) in [5.41, 5.74) is 3.80. The maximum Gasteiger partial charge on any atom is 0.132 e. The molecule has 0 radical (unpaired) electrons. The van der Waals surface area contributed by atoms with E-state index in [0.29, 0.717) is 18.9 Å². The number of benzene rings is 2. The molecule has 0 spiro atoms. The minimum Gasteiger partial charge on any atom is -0.300 e. The summed E-state index contributed by atoms with van der Waals surface area (Å²) in [6.45, 7) is 8.12. The van der Waals surface area contributed by atoms with E-state index in [0.717, 1.165) is 44.3 Å². The van der Waals surface area contributed by atoms with Crippen molar-refractivity contribution in [3.8, 4) is 6.07 Å². The normalized spacial score (nSPS) is 21.0. The van der Waals surface area contributed by atoms with Gasteiger partial charge in [0.15, 0.2) is 0 Å².